The third kappa shape index (κ3) is 4.35. The van der Waals surface area contributed by atoms with Gasteiger partial charge in [-0.3, -0.25) is 9.69 Å². The average molecular weight is 529 g/mol. The molecule has 190 valence electrons. The minimum Gasteiger partial charge on any atom is -0.508 e. The van der Waals surface area contributed by atoms with E-state index in [-0.39, 0.29) is 23.3 Å². The van der Waals surface area contributed by atoms with Crippen LogP contribution < -0.4 is 5.30 Å². The maximum Gasteiger partial charge on any atom is 0.150 e. The van der Waals surface area contributed by atoms with E-state index in [2.05, 4.69) is 0 Å². The van der Waals surface area contributed by atoms with Crippen molar-refractivity contribution in [3.05, 3.63) is 77.1 Å². The Morgan fingerprint density at radius 3 is 2.55 bits per heavy atom. The first-order valence-electron chi connectivity index (χ1n) is 11.9. The van der Waals surface area contributed by atoms with Crippen LogP contribution in [-0.2, 0) is 0 Å². The van der Waals surface area contributed by atoms with Gasteiger partial charge in [-0.1, -0.05) is 26.1 Å². The van der Waals surface area contributed by atoms with E-state index in [9.17, 15) is 19.4 Å². The topological polar surface area (TPSA) is 78.6 Å². The van der Waals surface area contributed by atoms with Gasteiger partial charge in [-0.15, -0.1) is 0 Å². The maximum atomic E-state index is 15.2. The summed E-state index contributed by atoms with van der Waals surface area (Å²) in [7, 11) is 12.3. The van der Waals surface area contributed by atoms with Gasteiger partial charge in [0.2, 0.25) is 0 Å². The van der Waals surface area contributed by atoms with E-state index < -0.39 is 37.2 Å². The number of benzene rings is 3. The molecule has 2 heterocycles. The van der Waals surface area contributed by atoms with Crippen LogP contribution in [0.15, 0.2) is 48.5 Å². The van der Waals surface area contributed by atoms with E-state index in [1.165, 1.54) is 23.1 Å². The lowest BCUT2D eigenvalue weighted by atomic mass is 9.71. The molecule has 0 fully saturated rings. The zero-order valence-corrected chi connectivity index (χ0v) is 22.0. The third-order valence-corrected chi connectivity index (χ3v) is 8.52. The van der Waals surface area contributed by atoms with Crippen LogP contribution >= 0.6 is 7.92 Å². The quantitative estimate of drug-likeness (QED) is 0.172. The summed E-state index contributed by atoms with van der Waals surface area (Å²) in [6.07, 6.45) is 0.941. The average Bonchev–Trinajstić information content (AvgIpc) is 3.40. The van der Waals surface area contributed by atoms with Gasteiger partial charge in [0.25, 0.3) is 0 Å². The predicted molar refractivity (Wildman–Crippen MR) is 147 cm³/mol. The molecule has 0 aliphatic carbocycles. The molecular weight excluding hydrogens is 505 g/mol. The van der Waals surface area contributed by atoms with Crippen molar-refractivity contribution in [1.82, 2.24) is 14.5 Å². The molecule has 0 saturated carbocycles. The molecule has 0 saturated heterocycles. The van der Waals surface area contributed by atoms with E-state index in [1.807, 2.05) is 17.9 Å². The van der Waals surface area contributed by atoms with Gasteiger partial charge in [0.05, 0.1) is 23.1 Å². The second kappa shape index (κ2) is 9.60. The summed E-state index contributed by atoms with van der Waals surface area (Å²) in [5, 5.41) is 21.5. The molecule has 6 nitrogen and oxygen atoms in total. The number of fused-ring (bicyclic) bond motifs is 3. The molecule has 0 spiro atoms. The molecule has 38 heavy (non-hydrogen) atoms. The molecule has 3 aromatic carbocycles. The van der Waals surface area contributed by atoms with Crippen molar-refractivity contribution in [1.29, 1.82) is 0 Å². The number of rotatable bonds is 6. The highest BCUT2D eigenvalue weighted by atomic mass is 31.1. The zero-order valence-electron chi connectivity index (χ0n) is 21.1. The van der Waals surface area contributed by atoms with Gasteiger partial charge in [0, 0.05) is 27.5 Å². The van der Waals surface area contributed by atoms with Gasteiger partial charge in [-0.25, -0.2) is 13.8 Å². The Morgan fingerprint density at radius 1 is 1.16 bits per heavy atom. The standard InChI is InChI=1S/C27H24B2F2N3O3P/c1-33(27(28,29)37)22-12-21(25-15(13-35)5-4-6-23(25)36)34-20-9-14(7-8-19(20)32-26(22)34)16-10-18(31)24(38(2)3)11-17(16)30/h4-11,13,21-22,36-37H,12H2,1-3H3/t21-,22?/m1/s1. The smallest absolute Gasteiger partial charge is 0.150 e. The second-order valence-corrected chi connectivity index (χ2v) is 12.1. The fourth-order valence-corrected chi connectivity index (χ4v) is 6.09. The molecule has 4 radical (unpaired) electrons. The molecule has 2 N–H and O–H groups in total. The number of imidazole rings is 1. The Labute approximate surface area is 222 Å². The fourth-order valence-electron chi connectivity index (χ4n) is 5.23. The lowest BCUT2D eigenvalue weighted by Crippen LogP contribution is -2.49. The summed E-state index contributed by atoms with van der Waals surface area (Å²) in [6, 6.07) is 11.0. The summed E-state index contributed by atoms with van der Waals surface area (Å²) in [4.78, 5) is 18.0. The molecule has 2 atom stereocenters. The molecule has 1 unspecified atom stereocenters. The number of carbonyl (C=O) groups is 1. The highest BCUT2D eigenvalue weighted by Gasteiger charge is 2.41. The fraction of sp³-hybridized carbons (Fsp3) is 0.259. The Bertz CT molecular complexity index is 1570. The van der Waals surface area contributed by atoms with Crippen LogP contribution in [0.5, 0.6) is 5.75 Å². The van der Waals surface area contributed by atoms with Crippen molar-refractivity contribution in [2.24, 2.45) is 0 Å². The van der Waals surface area contributed by atoms with Crippen LogP contribution in [0.25, 0.3) is 22.2 Å². The highest BCUT2D eigenvalue weighted by molar-refractivity contribution is 7.64. The number of halogens is 2. The Morgan fingerprint density at radius 2 is 1.89 bits per heavy atom. The monoisotopic (exact) mass is 529 g/mol. The molecular formula is C27H24B2F2N3O3P. The third-order valence-electron chi connectivity index (χ3n) is 7.21. The molecule has 4 aromatic rings. The zero-order chi connectivity index (χ0) is 27.5. The number of aliphatic hydroxyl groups is 1. The Hall–Kier alpha value is -3.06. The summed E-state index contributed by atoms with van der Waals surface area (Å²) >= 11 is 0. The minimum atomic E-state index is -2.17. The molecule has 1 aliphatic rings. The summed E-state index contributed by atoms with van der Waals surface area (Å²) in [6.45, 7) is 3.72. The largest absolute Gasteiger partial charge is 0.508 e. The molecule has 11 heteroatoms. The van der Waals surface area contributed by atoms with Gasteiger partial charge in [0.15, 0.2) is 6.29 Å². The van der Waals surface area contributed by atoms with E-state index >= 15 is 4.39 Å². The van der Waals surface area contributed by atoms with Crippen LogP contribution in [0.4, 0.5) is 8.78 Å². The van der Waals surface area contributed by atoms with Gasteiger partial charge >= 0.3 is 0 Å². The second-order valence-electron chi connectivity index (χ2n) is 9.78. The number of phenols is 1. The molecule has 1 aliphatic heterocycles. The minimum absolute atomic E-state index is 0.0815. The predicted octanol–water partition coefficient (Wildman–Crippen LogP) is 3.77. The number of aromatic nitrogens is 2. The van der Waals surface area contributed by atoms with Gasteiger partial charge in [0.1, 0.15) is 38.9 Å². The number of hydrogen-bond acceptors (Lipinski definition) is 5. The number of nitrogens with zero attached hydrogens (tertiary/aromatic N) is 3. The van der Waals surface area contributed by atoms with Crippen molar-refractivity contribution in [2.75, 3.05) is 20.4 Å². The Kier molecular flexibility index (Phi) is 6.70. The number of aromatic hydroxyl groups is 1. The van der Waals surface area contributed by atoms with Crippen LogP contribution in [0.1, 0.15) is 40.3 Å². The van der Waals surface area contributed by atoms with E-state index in [0.717, 1.165) is 0 Å². The van der Waals surface area contributed by atoms with Gasteiger partial charge in [-0.05, 0) is 62.7 Å². The summed E-state index contributed by atoms with van der Waals surface area (Å²) < 4.78 is 31.8. The van der Waals surface area contributed by atoms with Crippen molar-refractivity contribution in [3.63, 3.8) is 0 Å². The SMILES string of the molecule is [B]C([B])(O)N(C)C1C[C@H](c2c(O)cccc2C=O)n2c1nc1ccc(-c3cc(F)c(P(C)C)cc3F)cc12. The maximum absolute atomic E-state index is 15.2. The number of carbonyl (C=O) groups excluding carboxylic acids is 1. The van der Waals surface area contributed by atoms with Crippen molar-refractivity contribution in [2.45, 2.75) is 24.0 Å². The highest BCUT2D eigenvalue weighted by Crippen LogP contribution is 2.47. The lowest BCUT2D eigenvalue weighted by Gasteiger charge is -2.36. The van der Waals surface area contributed by atoms with Gasteiger partial charge < -0.3 is 14.8 Å². The Balaban J connectivity index is 1.74. The first-order chi connectivity index (χ1) is 17.9. The van der Waals surface area contributed by atoms with E-state index in [0.29, 0.717) is 39.6 Å². The van der Waals surface area contributed by atoms with Crippen LogP contribution in [0, 0.1) is 11.6 Å². The molecule has 0 amide bonds. The van der Waals surface area contributed by atoms with Crippen LogP contribution in [-0.4, -0.2) is 72.5 Å². The molecule has 5 rings (SSSR count). The molecule has 0 bridgehead atoms. The lowest BCUT2D eigenvalue weighted by molar-refractivity contribution is 0.0178. The van der Waals surface area contributed by atoms with Gasteiger partial charge in [-0.2, -0.15) is 0 Å². The van der Waals surface area contributed by atoms with Crippen LogP contribution in [0.2, 0.25) is 0 Å². The van der Waals surface area contributed by atoms with Crippen molar-refractivity contribution in [3.8, 4) is 16.9 Å². The first-order valence-corrected chi connectivity index (χ1v) is 14.1. The van der Waals surface area contributed by atoms with E-state index in [4.69, 9.17) is 20.7 Å². The van der Waals surface area contributed by atoms with E-state index in [1.54, 1.807) is 37.4 Å². The normalized spacial score (nSPS) is 17.5. The first kappa shape index (κ1) is 26.5. The van der Waals surface area contributed by atoms with Crippen molar-refractivity contribution < 1.29 is 23.8 Å². The summed E-state index contributed by atoms with van der Waals surface area (Å²) in [5.41, 5.74) is 0.180. The summed E-state index contributed by atoms with van der Waals surface area (Å²) in [5.74, 6) is -0.594. The number of aldehydes is 1. The van der Waals surface area contributed by atoms with Crippen molar-refractivity contribution >= 4 is 46.2 Å². The number of hydrogen-bond donors (Lipinski definition) is 2. The number of phenolic OH excluding ortho intramolecular Hbond substituents is 1. The van der Waals surface area contributed by atoms with Crippen LogP contribution in [0.3, 0.4) is 0 Å². The molecule has 1 aromatic heterocycles.